The van der Waals surface area contributed by atoms with Crippen molar-refractivity contribution in [2.24, 2.45) is 11.8 Å². The molecule has 0 radical (unpaired) electrons. The minimum atomic E-state index is -1.07. The molecule has 0 amide bonds. The highest BCUT2D eigenvalue weighted by Crippen LogP contribution is 2.47. The average molecular weight is 554 g/mol. The lowest BCUT2D eigenvalue weighted by Gasteiger charge is -2.45. The van der Waals surface area contributed by atoms with Crippen LogP contribution in [0.25, 0.3) is 0 Å². The third-order valence-corrected chi connectivity index (χ3v) is 9.17. The number of aryl methyl sites for hydroxylation is 1. The van der Waals surface area contributed by atoms with Crippen LogP contribution in [0.2, 0.25) is 5.02 Å². The number of carbonyl (C=O) groups is 2. The molecule has 0 bridgehead atoms. The van der Waals surface area contributed by atoms with Crippen molar-refractivity contribution < 1.29 is 29.3 Å². The summed E-state index contributed by atoms with van der Waals surface area (Å²) >= 11 is 6.36. The van der Waals surface area contributed by atoms with Crippen LogP contribution in [0.1, 0.15) is 54.7 Å². The van der Waals surface area contributed by atoms with Gasteiger partial charge in [-0.1, -0.05) is 29.8 Å². The Hall–Kier alpha value is -3.03. The molecule has 1 heterocycles. The third-order valence-electron chi connectivity index (χ3n) is 8.94. The van der Waals surface area contributed by atoms with Crippen LogP contribution < -0.4 is 9.64 Å². The maximum Gasteiger partial charge on any atom is 0.313 e. The molecule has 1 fully saturated rings. The van der Waals surface area contributed by atoms with Gasteiger partial charge in [0.25, 0.3) is 0 Å². The predicted molar refractivity (Wildman–Crippen MR) is 150 cm³/mol. The van der Waals surface area contributed by atoms with Gasteiger partial charge in [-0.15, -0.1) is 6.58 Å². The first-order chi connectivity index (χ1) is 18.7. The number of ether oxygens (including phenoxy) is 2. The van der Waals surface area contributed by atoms with Gasteiger partial charge in [0, 0.05) is 23.5 Å². The molecule has 2 aromatic carbocycles. The van der Waals surface area contributed by atoms with E-state index in [2.05, 4.69) is 23.6 Å². The van der Waals surface area contributed by atoms with Gasteiger partial charge in [-0.25, -0.2) is 0 Å². The smallest absolute Gasteiger partial charge is 0.313 e. The van der Waals surface area contributed by atoms with Crippen LogP contribution in [0, 0.1) is 11.8 Å². The van der Waals surface area contributed by atoms with Crippen molar-refractivity contribution in [3.63, 3.8) is 0 Å². The Labute approximate surface area is 234 Å². The number of carbonyl (C=O) groups excluding carboxylic acids is 1. The molecule has 2 aromatic rings. The zero-order valence-corrected chi connectivity index (χ0v) is 23.0. The number of carboxylic acid groups (broad SMARTS) is 1. The second kappa shape index (κ2) is 11.2. The van der Waals surface area contributed by atoms with Crippen molar-refractivity contribution in [1.29, 1.82) is 0 Å². The Bertz CT molecular complexity index is 1260. The van der Waals surface area contributed by atoms with Crippen LogP contribution in [0.4, 0.5) is 5.69 Å². The number of aliphatic carboxylic acids is 1. The number of esters is 1. The van der Waals surface area contributed by atoms with E-state index in [0.29, 0.717) is 31.0 Å². The number of methoxy groups -OCH3 is 1. The highest BCUT2D eigenvalue weighted by molar-refractivity contribution is 6.30. The van der Waals surface area contributed by atoms with Gasteiger partial charge in [0.2, 0.25) is 0 Å². The Morgan fingerprint density at radius 2 is 2.10 bits per heavy atom. The van der Waals surface area contributed by atoms with Crippen molar-refractivity contribution in [1.82, 2.24) is 0 Å². The van der Waals surface area contributed by atoms with Crippen molar-refractivity contribution in [3.05, 3.63) is 70.8 Å². The van der Waals surface area contributed by atoms with E-state index >= 15 is 0 Å². The number of anilines is 1. The van der Waals surface area contributed by atoms with Crippen molar-refractivity contribution >= 4 is 29.2 Å². The summed E-state index contributed by atoms with van der Waals surface area (Å²) in [7, 11) is 1.27. The molecule has 7 nitrogen and oxygen atoms in total. The molecule has 1 saturated carbocycles. The van der Waals surface area contributed by atoms with Crippen LogP contribution in [0.15, 0.2) is 49.1 Å². The summed E-state index contributed by atoms with van der Waals surface area (Å²) in [5.74, 6) is -1.46. The molecule has 0 saturated heterocycles. The fourth-order valence-corrected chi connectivity index (χ4v) is 6.93. The molecular formula is C31H36ClNO6. The number of aliphatic hydroxyl groups excluding tert-OH is 1. The summed E-state index contributed by atoms with van der Waals surface area (Å²) in [5, 5.41) is 20.7. The Balaban J connectivity index is 1.56. The minimum absolute atomic E-state index is 0.140. The number of carboxylic acids is 1. The van der Waals surface area contributed by atoms with Gasteiger partial charge in [-0.2, -0.15) is 0 Å². The number of rotatable bonds is 8. The van der Waals surface area contributed by atoms with Crippen LogP contribution in [-0.4, -0.2) is 55.1 Å². The number of hydrogen-bond donors (Lipinski definition) is 2. The first-order valence-electron chi connectivity index (χ1n) is 13.7. The van der Waals surface area contributed by atoms with E-state index in [1.165, 1.54) is 18.2 Å². The van der Waals surface area contributed by atoms with Gasteiger partial charge in [-0.3, -0.25) is 9.59 Å². The Kier molecular flexibility index (Phi) is 7.92. The molecule has 3 aliphatic rings. The maximum atomic E-state index is 12.6. The van der Waals surface area contributed by atoms with Gasteiger partial charge in [-0.05, 0) is 84.9 Å². The lowest BCUT2D eigenvalue weighted by atomic mass is 9.68. The lowest BCUT2D eigenvalue weighted by Crippen LogP contribution is -2.49. The molecule has 5 rings (SSSR count). The first kappa shape index (κ1) is 27.5. The monoisotopic (exact) mass is 553 g/mol. The Morgan fingerprint density at radius 1 is 1.28 bits per heavy atom. The van der Waals surface area contributed by atoms with Gasteiger partial charge in [0.15, 0.2) is 0 Å². The van der Waals surface area contributed by atoms with Crippen molar-refractivity contribution in [2.75, 3.05) is 31.7 Å². The molecule has 208 valence electrons. The normalized spacial score (nSPS) is 25.3. The molecule has 2 aliphatic carbocycles. The zero-order chi connectivity index (χ0) is 27.7. The van der Waals surface area contributed by atoms with E-state index in [1.54, 1.807) is 12.1 Å². The maximum absolute atomic E-state index is 12.6. The summed E-state index contributed by atoms with van der Waals surface area (Å²) in [6.07, 6.45) is 5.62. The van der Waals surface area contributed by atoms with Crippen LogP contribution in [0.5, 0.6) is 5.75 Å². The van der Waals surface area contributed by atoms with Gasteiger partial charge in [0.1, 0.15) is 5.75 Å². The number of hydrogen-bond acceptors (Lipinski definition) is 6. The third kappa shape index (κ3) is 5.39. The molecule has 0 aromatic heterocycles. The van der Waals surface area contributed by atoms with E-state index < -0.39 is 24.0 Å². The summed E-state index contributed by atoms with van der Waals surface area (Å²) in [4.78, 5) is 26.5. The SMILES string of the molecule is C=C[C@H](O)[C@@H]1CC[C@H]1CN1C[C@@]2(CCCc3cc(Cl)ccc32)COc2ccc([C@H](CC(=O)O)C(=O)OC)cc21. The lowest BCUT2D eigenvalue weighted by molar-refractivity contribution is -0.147. The van der Waals surface area contributed by atoms with E-state index in [4.69, 9.17) is 21.1 Å². The second-order valence-corrected chi connectivity index (χ2v) is 11.7. The second-order valence-electron chi connectivity index (χ2n) is 11.2. The topological polar surface area (TPSA) is 96.3 Å². The summed E-state index contributed by atoms with van der Waals surface area (Å²) in [6, 6.07) is 11.6. The highest BCUT2D eigenvalue weighted by Gasteiger charge is 2.44. The summed E-state index contributed by atoms with van der Waals surface area (Å²) in [5.41, 5.74) is 3.67. The molecule has 0 unspecified atom stereocenters. The van der Waals surface area contributed by atoms with Crippen LogP contribution in [0.3, 0.4) is 0 Å². The molecule has 5 atom stereocenters. The van der Waals surface area contributed by atoms with Gasteiger partial charge >= 0.3 is 11.9 Å². The molecule has 39 heavy (non-hydrogen) atoms. The van der Waals surface area contributed by atoms with Crippen LogP contribution in [-0.2, 0) is 26.2 Å². The number of aliphatic hydroxyl groups is 1. The van der Waals surface area contributed by atoms with E-state index in [-0.39, 0.29) is 23.7 Å². The van der Waals surface area contributed by atoms with Gasteiger partial charge in [0.05, 0.1) is 37.8 Å². The summed E-state index contributed by atoms with van der Waals surface area (Å²) in [6.45, 7) is 5.70. The zero-order valence-electron chi connectivity index (χ0n) is 22.3. The first-order valence-corrected chi connectivity index (χ1v) is 14.0. The number of benzene rings is 2. The molecule has 1 aliphatic heterocycles. The van der Waals surface area contributed by atoms with Crippen molar-refractivity contribution in [3.8, 4) is 5.75 Å². The number of fused-ring (bicyclic) bond motifs is 3. The number of nitrogens with zero attached hydrogens (tertiary/aromatic N) is 1. The molecule has 2 N–H and O–H groups in total. The number of halogens is 1. The van der Waals surface area contributed by atoms with E-state index in [0.717, 1.165) is 42.8 Å². The van der Waals surface area contributed by atoms with Gasteiger partial charge < -0.3 is 24.6 Å². The standard InChI is InChI=1S/C31H36ClNO6/c1-3-27(34)23-9-6-21(23)16-33-17-31(12-4-5-20-13-22(32)8-10-25(20)31)18-39-28-11-7-19(14-26(28)33)24(15-29(35)36)30(37)38-2/h3,7-8,10-11,13-14,21,23-24,27,34H,1,4-6,9,12,15-18H2,2H3,(H,35,36)/t21-,23+,24-,27-,31-/m0/s1. The highest BCUT2D eigenvalue weighted by atomic mass is 35.5. The minimum Gasteiger partial charge on any atom is -0.490 e. The average Bonchev–Trinajstić information content (AvgIpc) is 3.06. The summed E-state index contributed by atoms with van der Waals surface area (Å²) < 4.78 is 11.5. The fraction of sp³-hybridized carbons (Fsp3) is 0.484. The molecule has 8 heteroatoms. The predicted octanol–water partition coefficient (Wildman–Crippen LogP) is 5.12. The van der Waals surface area contributed by atoms with Crippen LogP contribution >= 0.6 is 11.6 Å². The van der Waals surface area contributed by atoms with E-state index in [9.17, 15) is 19.8 Å². The molecule has 1 spiro atoms. The quantitative estimate of drug-likeness (QED) is 0.346. The molecular weight excluding hydrogens is 518 g/mol. The Morgan fingerprint density at radius 3 is 2.79 bits per heavy atom. The largest absolute Gasteiger partial charge is 0.490 e. The fourth-order valence-electron chi connectivity index (χ4n) is 6.73. The van der Waals surface area contributed by atoms with E-state index in [1.807, 2.05) is 18.2 Å². The van der Waals surface area contributed by atoms with Crippen molar-refractivity contribution in [2.45, 2.75) is 56.0 Å².